The minimum Gasteiger partial charge on any atom is -0.433 e. The highest BCUT2D eigenvalue weighted by molar-refractivity contribution is 5.95. The van der Waals surface area contributed by atoms with Crippen molar-refractivity contribution in [1.82, 2.24) is 0 Å². The fourth-order valence-electron chi connectivity index (χ4n) is 0.962. The Morgan fingerprint density at radius 1 is 1.11 bits per heavy atom. The first-order chi connectivity index (χ1) is 8.81. The molecule has 0 saturated heterocycles. The number of hydrogen-bond donors (Lipinski definition) is 2. The standard InChI is InChI=1S/C13H20O6/c1-5-10(14)18-12(16)8(3)7-9(4)13(17)19-11(15)6-2/h7,10-11,14-15H,3,5-6H2,1-2,4H3/b9-7+. The van der Waals surface area contributed by atoms with Gasteiger partial charge >= 0.3 is 11.9 Å². The van der Waals surface area contributed by atoms with Crippen molar-refractivity contribution in [1.29, 1.82) is 0 Å². The van der Waals surface area contributed by atoms with E-state index in [4.69, 9.17) is 10.2 Å². The highest BCUT2D eigenvalue weighted by Gasteiger charge is 2.15. The number of aliphatic hydroxyl groups is 2. The molecule has 6 heteroatoms. The number of rotatable bonds is 7. The van der Waals surface area contributed by atoms with Crippen LogP contribution in [0.3, 0.4) is 0 Å². The normalized spacial score (nSPS) is 14.5. The Kier molecular flexibility index (Phi) is 7.71. The lowest BCUT2D eigenvalue weighted by molar-refractivity contribution is -0.163. The van der Waals surface area contributed by atoms with Gasteiger partial charge in [-0.15, -0.1) is 0 Å². The molecule has 0 amide bonds. The van der Waals surface area contributed by atoms with E-state index in [0.29, 0.717) is 0 Å². The van der Waals surface area contributed by atoms with Gasteiger partial charge in [0, 0.05) is 18.4 Å². The van der Waals surface area contributed by atoms with Crippen LogP contribution in [-0.2, 0) is 19.1 Å². The smallest absolute Gasteiger partial charge is 0.339 e. The third kappa shape index (κ3) is 6.73. The van der Waals surface area contributed by atoms with Gasteiger partial charge in [-0.2, -0.15) is 0 Å². The van der Waals surface area contributed by atoms with Gasteiger partial charge in [0.05, 0.1) is 5.57 Å². The Bertz CT molecular complexity index is 371. The fourth-order valence-corrected chi connectivity index (χ4v) is 0.962. The Labute approximate surface area is 112 Å². The van der Waals surface area contributed by atoms with Gasteiger partial charge in [-0.3, -0.25) is 0 Å². The van der Waals surface area contributed by atoms with Crippen LogP contribution in [0.25, 0.3) is 0 Å². The first-order valence-corrected chi connectivity index (χ1v) is 5.97. The molecule has 0 aromatic rings. The molecule has 0 heterocycles. The van der Waals surface area contributed by atoms with Crippen LogP contribution in [0.2, 0.25) is 0 Å². The fraction of sp³-hybridized carbons (Fsp3) is 0.538. The molecule has 0 bridgehead atoms. The highest BCUT2D eigenvalue weighted by atomic mass is 16.6. The van der Waals surface area contributed by atoms with Crippen LogP contribution in [-0.4, -0.2) is 34.7 Å². The van der Waals surface area contributed by atoms with Crippen LogP contribution in [0.1, 0.15) is 33.6 Å². The molecule has 0 saturated carbocycles. The molecule has 0 rings (SSSR count). The van der Waals surface area contributed by atoms with Gasteiger partial charge in [0.1, 0.15) is 0 Å². The van der Waals surface area contributed by atoms with Crippen molar-refractivity contribution >= 4 is 11.9 Å². The summed E-state index contributed by atoms with van der Waals surface area (Å²) in [7, 11) is 0. The van der Waals surface area contributed by atoms with Crippen molar-refractivity contribution in [2.24, 2.45) is 0 Å². The van der Waals surface area contributed by atoms with Crippen LogP contribution >= 0.6 is 0 Å². The Balaban J connectivity index is 4.53. The molecule has 0 aromatic carbocycles. The number of aliphatic hydroxyl groups excluding tert-OH is 2. The van der Waals surface area contributed by atoms with Gasteiger partial charge in [0.25, 0.3) is 0 Å². The number of ether oxygens (including phenoxy) is 2. The van der Waals surface area contributed by atoms with Crippen molar-refractivity contribution in [2.45, 2.75) is 46.2 Å². The zero-order valence-corrected chi connectivity index (χ0v) is 11.4. The van der Waals surface area contributed by atoms with Crippen molar-refractivity contribution in [2.75, 3.05) is 0 Å². The third-order valence-electron chi connectivity index (χ3n) is 2.16. The zero-order chi connectivity index (χ0) is 15.0. The van der Waals surface area contributed by atoms with E-state index in [9.17, 15) is 9.59 Å². The molecule has 2 atom stereocenters. The maximum atomic E-state index is 11.5. The number of hydrogen-bond acceptors (Lipinski definition) is 6. The SMILES string of the molecule is C=C(/C=C(\C)C(=O)OC(O)CC)C(=O)OC(O)CC. The lowest BCUT2D eigenvalue weighted by Crippen LogP contribution is -2.19. The van der Waals surface area contributed by atoms with Crippen molar-refractivity contribution in [3.63, 3.8) is 0 Å². The number of esters is 2. The van der Waals surface area contributed by atoms with E-state index >= 15 is 0 Å². The van der Waals surface area contributed by atoms with E-state index in [1.807, 2.05) is 0 Å². The highest BCUT2D eigenvalue weighted by Crippen LogP contribution is 2.08. The molecule has 0 aliphatic rings. The molecule has 0 radical (unpaired) electrons. The van der Waals surface area contributed by atoms with Crippen LogP contribution in [0.15, 0.2) is 23.8 Å². The molecule has 0 aromatic heterocycles. The Morgan fingerprint density at radius 2 is 1.53 bits per heavy atom. The van der Waals surface area contributed by atoms with Gasteiger partial charge in [-0.25, -0.2) is 9.59 Å². The lowest BCUT2D eigenvalue weighted by atomic mass is 10.2. The predicted octanol–water partition coefficient (Wildman–Crippen LogP) is 1.03. The van der Waals surface area contributed by atoms with Gasteiger partial charge < -0.3 is 19.7 Å². The number of carbonyl (C=O) groups excluding carboxylic acids is 2. The van der Waals surface area contributed by atoms with Crippen LogP contribution < -0.4 is 0 Å². The minimum absolute atomic E-state index is 0.0899. The molecule has 2 N–H and O–H groups in total. The number of carbonyl (C=O) groups is 2. The summed E-state index contributed by atoms with van der Waals surface area (Å²) in [6.07, 6.45) is -0.683. The monoisotopic (exact) mass is 272 g/mol. The first-order valence-electron chi connectivity index (χ1n) is 5.97. The van der Waals surface area contributed by atoms with Crippen LogP contribution in [0, 0.1) is 0 Å². The topological polar surface area (TPSA) is 93.1 Å². The van der Waals surface area contributed by atoms with Gasteiger partial charge in [-0.1, -0.05) is 20.4 Å². The molecule has 0 aliphatic heterocycles. The molecule has 19 heavy (non-hydrogen) atoms. The summed E-state index contributed by atoms with van der Waals surface area (Å²) in [5.74, 6) is -1.57. The first kappa shape index (κ1) is 17.3. The second-order valence-electron chi connectivity index (χ2n) is 3.89. The summed E-state index contributed by atoms with van der Waals surface area (Å²) in [5, 5.41) is 18.3. The molecule has 6 nitrogen and oxygen atoms in total. The maximum absolute atomic E-state index is 11.5. The third-order valence-corrected chi connectivity index (χ3v) is 2.16. The van der Waals surface area contributed by atoms with Gasteiger partial charge in [0.15, 0.2) is 0 Å². The van der Waals surface area contributed by atoms with E-state index in [-0.39, 0.29) is 24.0 Å². The lowest BCUT2D eigenvalue weighted by Gasteiger charge is -2.11. The average Bonchev–Trinajstić information content (AvgIpc) is 2.37. The van der Waals surface area contributed by atoms with Crippen molar-refractivity contribution in [3.8, 4) is 0 Å². The van der Waals surface area contributed by atoms with Crippen molar-refractivity contribution < 1.29 is 29.3 Å². The summed E-state index contributed by atoms with van der Waals surface area (Å²) in [5.41, 5.74) is 0.00776. The summed E-state index contributed by atoms with van der Waals surface area (Å²) < 4.78 is 9.27. The van der Waals surface area contributed by atoms with E-state index in [1.54, 1.807) is 13.8 Å². The minimum atomic E-state index is -1.20. The molecule has 0 fully saturated rings. The van der Waals surface area contributed by atoms with Crippen LogP contribution in [0.5, 0.6) is 0 Å². The largest absolute Gasteiger partial charge is 0.433 e. The van der Waals surface area contributed by atoms with Crippen molar-refractivity contribution in [3.05, 3.63) is 23.8 Å². The second kappa shape index (κ2) is 8.44. The summed E-state index contributed by atoms with van der Waals surface area (Å²) in [4.78, 5) is 22.9. The summed E-state index contributed by atoms with van der Waals surface area (Å²) in [6, 6.07) is 0. The predicted molar refractivity (Wildman–Crippen MR) is 67.7 cm³/mol. The van der Waals surface area contributed by atoms with E-state index < -0.39 is 24.5 Å². The molecule has 0 spiro atoms. The van der Waals surface area contributed by atoms with Gasteiger partial charge in [0.2, 0.25) is 12.6 Å². The molecule has 2 unspecified atom stereocenters. The zero-order valence-electron chi connectivity index (χ0n) is 11.4. The Morgan fingerprint density at radius 3 is 1.95 bits per heavy atom. The summed E-state index contributed by atoms with van der Waals surface area (Å²) >= 11 is 0. The van der Waals surface area contributed by atoms with E-state index in [1.165, 1.54) is 13.0 Å². The second-order valence-corrected chi connectivity index (χ2v) is 3.89. The summed E-state index contributed by atoms with van der Waals surface area (Å²) in [6.45, 7) is 8.14. The van der Waals surface area contributed by atoms with Crippen LogP contribution in [0.4, 0.5) is 0 Å². The molecular formula is C13H20O6. The molecular weight excluding hydrogens is 252 g/mol. The Hall–Kier alpha value is -1.66. The quantitative estimate of drug-likeness (QED) is 0.311. The average molecular weight is 272 g/mol. The van der Waals surface area contributed by atoms with E-state index in [0.717, 1.165) is 0 Å². The molecule has 0 aliphatic carbocycles. The van der Waals surface area contributed by atoms with Gasteiger partial charge in [-0.05, 0) is 13.0 Å². The van der Waals surface area contributed by atoms with E-state index in [2.05, 4.69) is 16.1 Å². The molecule has 108 valence electrons. The maximum Gasteiger partial charge on any atom is 0.339 e.